The molecule has 0 spiro atoms. The smallest absolute Gasteiger partial charge is 0.269 e. The molecule has 6 nitrogen and oxygen atoms in total. The largest absolute Gasteiger partial charge is 0.493 e. The minimum Gasteiger partial charge on any atom is -0.493 e. The number of benzene rings is 3. The van der Waals surface area contributed by atoms with Crippen LogP contribution in [0.3, 0.4) is 0 Å². The Kier molecular flexibility index (Phi) is 7.33. The van der Waals surface area contributed by atoms with Crippen LogP contribution in [-0.2, 0) is 0 Å². The molecule has 0 amide bonds. The molecule has 6 heteroatoms. The molecule has 2 heterocycles. The lowest BCUT2D eigenvalue weighted by Gasteiger charge is -2.21. The Balaban J connectivity index is 1.43. The first-order chi connectivity index (χ1) is 17.6. The fourth-order valence-corrected chi connectivity index (χ4v) is 5.16. The second-order valence-electron chi connectivity index (χ2n) is 9.61. The Bertz CT molecular complexity index is 1230. The molecule has 3 aromatic rings. The number of likely N-dealkylation sites (tertiary alicyclic amines) is 1. The SMILES string of the molecule is Cc1ccc2c(c1)C(c1ccc(OCCN3CCCC3)cc1)/C(=C/c1ccc([N+](=O)[O-])cc1)CCO2. The van der Waals surface area contributed by atoms with Gasteiger partial charge in [-0.25, -0.2) is 0 Å². The molecule has 0 radical (unpaired) electrons. The van der Waals surface area contributed by atoms with Crippen LogP contribution in [0, 0.1) is 17.0 Å². The molecule has 2 aliphatic rings. The molecule has 1 saturated heterocycles. The van der Waals surface area contributed by atoms with E-state index in [0.717, 1.165) is 35.6 Å². The number of hydrogen-bond acceptors (Lipinski definition) is 5. The molecule has 0 aromatic heterocycles. The van der Waals surface area contributed by atoms with Gasteiger partial charge in [0.1, 0.15) is 18.1 Å². The fraction of sp³-hybridized carbons (Fsp3) is 0.333. The lowest BCUT2D eigenvalue weighted by atomic mass is 9.82. The van der Waals surface area contributed by atoms with Crippen molar-refractivity contribution in [3.05, 3.63) is 105 Å². The van der Waals surface area contributed by atoms with E-state index in [1.54, 1.807) is 12.1 Å². The second-order valence-corrected chi connectivity index (χ2v) is 9.61. The van der Waals surface area contributed by atoms with E-state index in [9.17, 15) is 10.1 Å². The monoisotopic (exact) mass is 484 g/mol. The van der Waals surface area contributed by atoms with Gasteiger partial charge >= 0.3 is 0 Å². The molecular weight excluding hydrogens is 452 g/mol. The first-order valence-electron chi connectivity index (χ1n) is 12.7. The van der Waals surface area contributed by atoms with Crippen molar-refractivity contribution < 1.29 is 14.4 Å². The molecule has 3 aromatic carbocycles. The van der Waals surface area contributed by atoms with Gasteiger partial charge in [-0.1, -0.05) is 41.5 Å². The van der Waals surface area contributed by atoms with Crippen molar-refractivity contribution >= 4 is 11.8 Å². The molecule has 0 bridgehead atoms. The molecule has 1 unspecified atom stereocenters. The molecule has 0 saturated carbocycles. The van der Waals surface area contributed by atoms with Crippen molar-refractivity contribution in [1.29, 1.82) is 0 Å². The molecule has 186 valence electrons. The first kappa shape index (κ1) is 24.1. The predicted molar refractivity (Wildman–Crippen MR) is 142 cm³/mol. The number of nitrogens with zero attached hydrogens (tertiary/aromatic N) is 2. The van der Waals surface area contributed by atoms with E-state index in [1.807, 2.05) is 12.1 Å². The normalized spacial score (nSPS) is 18.9. The zero-order valence-electron chi connectivity index (χ0n) is 20.7. The van der Waals surface area contributed by atoms with E-state index >= 15 is 0 Å². The molecule has 36 heavy (non-hydrogen) atoms. The van der Waals surface area contributed by atoms with Crippen molar-refractivity contribution in [3.63, 3.8) is 0 Å². The Morgan fingerprint density at radius 2 is 1.81 bits per heavy atom. The number of rotatable bonds is 7. The zero-order valence-corrected chi connectivity index (χ0v) is 20.7. The lowest BCUT2D eigenvalue weighted by Crippen LogP contribution is -2.25. The van der Waals surface area contributed by atoms with Crippen LogP contribution in [0.1, 0.15) is 47.4 Å². The summed E-state index contributed by atoms with van der Waals surface area (Å²) >= 11 is 0. The zero-order chi connectivity index (χ0) is 24.9. The van der Waals surface area contributed by atoms with Gasteiger partial charge in [-0.05, 0) is 74.3 Å². The average molecular weight is 485 g/mol. The number of fused-ring (bicyclic) bond motifs is 1. The van der Waals surface area contributed by atoms with Crippen molar-refractivity contribution in [2.45, 2.75) is 32.1 Å². The van der Waals surface area contributed by atoms with Crippen LogP contribution in [0.2, 0.25) is 0 Å². The third-order valence-electron chi connectivity index (χ3n) is 7.04. The van der Waals surface area contributed by atoms with Crippen molar-refractivity contribution in [1.82, 2.24) is 4.90 Å². The standard InChI is InChI=1S/C30H32N2O4/c1-22-4-13-29-28(20-22)30(24-7-11-27(12-8-24)35-19-17-31-15-2-3-16-31)25(14-18-36-29)21-23-5-9-26(10-6-23)32(33)34/h4-13,20-21,30H,2-3,14-19H2,1H3/b25-21+. The highest BCUT2D eigenvalue weighted by Crippen LogP contribution is 2.42. The second kappa shape index (κ2) is 11.0. The van der Waals surface area contributed by atoms with Crippen LogP contribution in [-0.4, -0.2) is 42.7 Å². The van der Waals surface area contributed by atoms with Crippen LogP contribution in [0.5, 0.6) is 11.5 Å². The summed E-state index contributed by atoms with van der Waals surface area (Å²) in [5.41, 5.74) is 5.75. The summed E-state index contributed by atoms with van der Waals surface area (Å²) in [5, 5.41) is 11.1. The summed E-state index contributed by atoms with van der Waals surface area (Å²) in [7, 11) is 0. The summed E-state index contributed by atoms with van der Waals surface area (Å²) in [6.45, 7) is 6.70. The maximum Gasteiger partial charge on any atom is 0.269 e. The Hall–Kier alpha value is -3.64. The summed E-state index contributed by atoms with van der Waals surface area (Å²) in [5.74, 6) is 1.81. The van der Waals surface area contributed by atoms with E-state index < -0.39 is 0 Å². The highest BCUT2D eigenvalue weighted by Gasteiger charge is 2.26. The Morgan fingerprint density at radius 1 is 1.06 bits per heavy atom. The van der Waals surface area contributed by atoms with Gasteiger partial charge < -0.3 is 9.47 Å². The van der Waals surface area contributed by atoms with Crippen molar-refractivity contribution in [2.75, 3.05) is 32.8 Å². The molecule has 0 N–H and O–H groups in total. The first-order valence-corrected chi connectivity index (χ1v) is 12.7. The van der Waals surface area contributed by atoms with E-state index in [2.05, 4.69) is 60.4 Å². The summed E-state index contributed by atoms with van der Waals surface area (Å²) in [4.78, 5) is 13.2. The van der Waals surface area contributed by atoms with Crippen molar-refractivity contribution in [3.8, 4) is 11.5 Å². The number of nitro benzene ring substituents is 1. The van der Waals surface area contributed by atoms with Crippen molar-refractivity contribution in [2.24, 2.45) is 0 Å². The van der Waals surface area contributed by atoms with Gasteiger partial charge in [0.15, 0.2) is 0 Å². The third kappa shape index (κ3) is 5.60. The number of non-ortho nitro benzene ring substituents is 1. The number of nitro groups is 1. The van der Waals surface area contributed by atoms with Gasteiger partial charge in [0.05, 0.1) is 11.5 Å². The molecule has 0 aliphatic carbocycles. The minimum absolute atomic E-state index is 0.0243. The van der Waals surface area contributed by atoms with E-state index in [0.29, 0.717) is 13.2 Å². The van der Waals surface area contributed by atoms with Gasteiger partial charge in [0.2, 0.25) is 0 Å². The van der Waals surface area contributed by atoms with Crippen LogP contribution in [0.25, 0.3) is 6.08 Å². The van der Waals surface area contributed by atoms with Gasteiger partial charge in [-0.15, -0.1) is 0 Å². The summed E-state index contributed by atoms with van der Waals surface area (Å²) in [6, 6.07) is 21.5. The topological polar surface area (TPSA) is 64.8 Å². The number of hydrogen-bond donors (Lipinski definition) is 0. The predicted octanol–water partition coefficient (Wildman–Crippen LogP) is 6.38. The third-order valence-corrected chi connectivity index (χ3v) is 7.04. The molecule has 1 fully saturated rings. The maximum absolute atomic E-state index is 11.1. The summed E-state index contributed by atoms with van der Waals surface area (Å²) < 4.78 is 12.2. The fourth-order valence-electron chi connectivity index (χ4n) is 5.16. The lowest BCUT2D eigenvalue weighted by molar-refractivity contribution is -0.384. The van der Waals surface area contributed by atoms with Gasteiger partial charge in [0, 0.05) is 36.6 Å². The van der Waals surface area contributed by atoms with Gasteiger partial charge in [-0.3, -0.25) is 15.0 Å². The van der Waals surface area contributed by atoms with Gasteiger partial charge in [-0.2, -0.15) is 0 Å². The molecule has 2 aliphatic heterocycles. The van der Waals surface area contributed by atoms with Crippen LogP contribution >= 0.6 is 0 Å². The van der Waals surface area contributed by atoms with Crippen LogP contribution in [0.4, 0.5) is 5.69 Å². The van der Waals surface area contributed by atoms with Gasteiger partial charge in [0.25, 0.3) is 5.69 Å². The molecule has 5 rings (SSSR count). The van der Waals surface area contributed by atoms with E-state index in [1.165, 1.54) is 42.6 Å². The average Bonchev–Trinajstić information content (AvgIpc) is 3.34. The van der Waals surface area contributed by atoms with Crippen LogP contribution < -0.4 is 9.47 Å². The minimum atomic E-state index is -0.368. The highest BCUT2D eigenvalue weighted by molar-refractivity contribution is 5.61. The quantitative estimate of drug-likeness (QED) is 0.288. The Morgan fingerprint density at radius 3 is 2.53 bits per heavy atom. The highest BCUT2D eigenvalue weighted by atomic mass is 16.6. The maximum atomic E-state index is 11.1. The molecular formula is C30H32N2O4. The summed E-state index contributed by atoms with van der Waals surface area (Å²) in [6.07, 6.45) is 5.49. The molecule has 1 atom stereocenters. The van der Waals surface area contributed by atoms with E-state index in [-0.39, 0.29) is 16.5 Å². The number of ether oxygens (including phenoxy) is 2. The van der Waals surface area contributed by atoms with Crippen LogP contribution in [0.15, 0.2) is 72.3 Å². The Labute approximate surface area is 212 Å². The van der Waals surface area contributed by atoms with E-state index in [4.69, 9.17) is 9.47 Å². The number of aryl methyl sites for hydroxylation is 1.